The molecule has 0 spiro atoms. The molecule has 1 aliphatic rings. The molecule has 3 rings (SSSR count). The van der Waals surface area contributed by atoms with Gasteiger partial charge in [0.1, 0.15) is 10.6 Å². The Morgan fingerprint density at radius 3 is 2.72 bits per heavy atom. The maximum Gasteiger partial charge on any atom is 0.246 e. The molecule has 0 atom stereocenters. The van der Waals surface area contributed by atoms with Crippen molar-refractivity contribution in [1.82, 2.24) is 15.3 Å². The van der Waals surface area contributed by atoms with Crippen molar-refractivity contribution in [3.8, 4) is 0 Å². The van der Waals surface area contributed by atoms with E-state index in [1.807, 2.05) is 11.4 Å². The number of anilines is 2. The SMILES string of the molecule is Nc1nc(N2CC(=O)NC(=O)C2)c2ccsc2n1. The van der Waals surface area contributed by atoms with Crippen molar-refractivity contribution in [1.29, 1.82) is 0 Å². The Morgan fingerprint density at radius 2 is 2.00 bits per heavy atom. The second kappa shape index (κ2) is 3.91. The second-order valence-corrected chi connectivity index (χ2v) is 4.77. The molecule has 2 aromatic heterocycles. The van der Waals surface area contributed by atoms with Crippen molar-refractivity contribution < 1.29 is 9.59 Å². The van der Waals surface area contributed by atoms with Crippen LogP contribution < -0.4 is 16.0 Å². The van der Waals surface area contributed by atoms with E-state index < -0.39 is 0 Å². The molecular weight excluding hydrogens is 254 g/mol. The van der Waals surface area contributed by atoms with Gasteiger partial charge in [0.25, 0.3) is 0 Å². The average molecular weight is 263 g/mol. The second-order valence-electron chi connectivity index (χ2n) is 3.87. The van der Waals surface area contributed by atoms with Gasteiger partial charge in [-0.2, -0.15) is 4.98 Å². The Labute approximate surface area is 106 Å². The Kier molecular flexibility index (Phi) is 2.37. The molecule has 1 aliphatic heterocycles. The average Bonchev–Trinajstić information content (AvgIpc) is 2.74. The summed E-state index contributed by atoms with van der Waals surface area (Å²) in [5.41, 5.74) is 5.63. The number of thiophene rings is 1. The van der Waals surface area contributed by atoms with E-state index in [4.69, 9.17) is 5.73 Å². The highest BCUT2D eigenvalue weighted by molar-refractivity contribution is 7.16. The van der Waals surface area contributed by atoms with E-state index in [0.717, 1.165) is 10.2 Å². The predicted octanol–water partition coefficient (Wildman–Crippen LogP) is -0.264. The molecule has 3 N–H and O–H groups in total. The molecule has 2 aromatic rings. The summed E-state index contributed by atoms with van der Waals surface area (Å²) < 4.78 is 0. The minimum atomic E-state index is -0.341. The van der Waals surface area contributed by atoms with Crippen molar-refractivity contribution in [3.05, 3.63) is 11.4 Å². The molecule has 1 fully saturated rings. The van der Waals surface area contributed by atoms with Gasteiger partial charge in [-0.1, -0.05) is 0 Å². The van der Waals surface area contributed by atoms with Crippen LogP contribution in [-0.2, 0) is 9.59 Å². The number of piperazine rings is 1. The van der Waals surface area contributed by atoms with Crippen molar-refractivity contribution in [2.45, 2.75) is 0 Å². The fourth-order valence-electron chi connectivity index (χ4n) is 1.88. The zero-order chi connectivity index (χ0) is 12.7. The van der Waals surface area contributed by atoms with Gasteiger partial charge in [0.15, 0.2) is 0 Å². The van der Waals surface area contributed by atoms with E-state index in [0.29, 0.717) is 5.82 Å². The molecular formula is C10H9N5O2S. The van der Waals surface area contributed by atoms with Gasteiger partial charge in [-0.05, 0) is 11.4 Å². The van der Waals surface area contributed by atoms with E-state index in [2.05, 4.69) is 15.3 Å². The summed E-state index contributed by atoms with van der Waals surface area (Å²) in [6.07, 6.45) is 0. The minimum Gasteiger partial charge on any atom is -0.368 e. The van der Waals surface area contributed by atoms with Crippen LogP contribution in [0.3, 0.4) is 0 Å². The smallest absolute Gasteiger partial charge is 0.246 e. The normalized spacial score (nSPS) is 16.1. The lowest BCUT2D eigenvalue weighted by atomic mass is 10.3. The molecule has 2 amide bonds. The number of amides is 2. The number of nitrogens with zero attached hydrogens (tertiary/aromatic N) is 3. The first-order chi connectivity index (χ1) is 8.63. The van der Waals surface area contributed by atoms with Crippen LogP contribution in [0.4, 0.5) is 11.8 Å². The van der Waals surface area contributed by atoms with Crippen LogP contribution in [0.5, 0.6) is 0 Å². The van der Waals surface area contributed by atoms with Gasteiger partial charge in [-0.25, -0.2) is 4.98 Å². The molecule has 92 valence electrons. The van der Waals surface area contributed by atoms with E-state index >= 15 is 0 Å². The van der Waals surface area contributed by atoms with Gasteiger partial charge in [0, 0.05) is 0 Å². The van der Waals surface area contributed by atoms with E-state index in [1.54, 1.807) is 4.90 Å². The summed E-state index contributed by atoms with van der Waals surface area (Å²) in [4.78, 5) is 33.3. The molecule has 18 heavy (non-hydrogen) atoms. The first-order valence-electron chi connectivity index (χ1n) is 5.22. The molecule has 0 unspecified atom stereocenters. The number of nitrogens with one attached hydrogen (secondary N) is 1. The molecule has 1 saturated heterocycles. The summed E-state index contributed by atoms with van der Waals surface area (Å²) >= 11 is 1.44. The van der Waals surface area contributed by atoms with E-state index in [-0.39, 0.29) is 30.9 Å². The first kappa shape index (κ1) is 10.9. The third-order valence-electron chi connectivity index (χ3n) is 2.57. The number of nitrogens with two attached hydrogens (primary N) is 1. The zero-order valence-corrected chi connectivity index (χ0v) is 10.0. The highest BCUT2D eigenvalue weighted by Crippen LogP contribution is 2.28. The van der Waals surface area contributed by atoms with Crippen molar-refractivity contribution >= 4 is 45.1 Å². The van der Waals surface area contributed by atoms with Gasteiger partial charge in [-0.15, -0.1) is 11.3 Å². The Morgan fingerprint density at radius 1 is 1.28 bits per heavy atom. The Hall–Kier alpha value is -2.22. The van der Waals surface area contributed by atoms with Crippen LogP contribution in [0.1, 0.15) is 0 Å². The number of aromatic nitrogens is 2. The number of hydrogen-bond acceptors (Lipinski definition) is 7. The van der Waals surface area contributed by atoms with Crippen molar-refractivity contribution in [2.24, 2.45) is 0 Å². The largest absolute Gasteiger partial charge is 0.368 e. The quantitative estimate of drug-likeness (QED) is 0.687. The van der Waals surface area contributed by atoms with Gasteiger partial charge in [0.05, 0.1) is 18.5 Å². The first-order valence-corrected chi connectivity index (χ1v) is 6.10. The molecule has 0 bridgehead atoms. The lowest BCUT2D eigenvalue weighted by molar-refractivity contribution is -0.130. The van der Waals surface area contributed by atoms with E-state index in [1.165, 1.54) is 11.3 Å². The standard InChI is InChI=1S/C10H9N5O2S/c11-10-13-8(5-1-2-18-9(5)14-10)15-3-6(16)12-7(17)4-15/h1-2H,3-4H2,(H2,11,13,14)(H,12,16,17). The Bertz CT molecular complexity index is 637. The molecule has 3 heterocycles. The van der Waals surface area contributed by atoms with Crippen LogP contribution in [0.2, 0.25) is 0 Å². The molecule has 0 aromatic carbocycles. The van der Waals surface area contributed by atoms with Gasteiger partial charge in [-0.3, -0.25) is 14.9 Å². The predicted molar refractivity (Wildman–Crippen MR) is 67.2 cm³/mol. The fourth-order valence-corrected chi connectivity index (χ4v) is 2.65. The summed E-state index contributed by atoms with van der Waals surface area (Å²) in [6, 6.07) is 1.85. The third-order valence-corrected chi connectivity index (χ3v) is 3.38. The number of nitrogen functional groups attached to an aromatic ring is 1. The third kappa shape index (κ3) is 1.76. The van der Waals surface area contributed by atoms with Gasteiger partial charge in [0.2, 0.25) is 17.8 Å². The number of rotatable bonds is 1. The van der Waals surface area contributed by atoms with Crippen molar-refractivity contribution in [3.63, 3.8) is 0 Å². The van der Waals surface area contributed by atoms with Crippen LogP contribution in [0.25, 0.3) is 10.2 Å². The van der Waals surface area contributed by atoms with Crippen molar-refractivity contribution in [2.75, 3.05) is 23.7 Å². The molecule has 0 aliphatic carbocycles. The molecule has 8 heteroatoms. The lowest BCUT2D eigenvalue weighted by Crippen LogP contribution is -2.51. The number of fused-ring (bicyclic) bond motifs is 1. The Balaban J connectivity index is 2.10. The van der Waals surface area contributed by atoms with E-state index in [9.17, 15) is 9.59 Å². The number of carbonyl (C=O) groups is 2. The van der Waals surface area contributed by atoms with Crippen LogP contribution in [0, 0.1) is 0 Å². The summed E-state index contributed by atoms with van der Waals surface area (Å²) in [5, 5.41) is 4.92. The molecule has 0 saturated carbocycles. The van der Waals surface area contributed by atoms with Crippen LogP contribution >= 0.6 is 11.3 Å². The van der Waals surface area contributed by atoms with Crippen LogP contribution in [-0.4, -0.2) is 34.9 Å². The summed E-state index contributed by atoms with van der Waals surface area (Å²) in [6.45, 7) is 0.181. The van der Waals surface area contributed by atoms with Gasteiger partial charge < -0.3 is 10.6 Å². The topological polar surface area (TPSA) is 101 Å². The molecule has 7 nitrogen and oxygen atoms in total. The van der Waals surface area contributed by atoms with Gasteiger partial charge >= 0.3 is 0 Å². The highest BCUT2D eigenvalue weighted by Gasteiger charge is 2.25. The maximum absolute atomic E-state index is 11.4. The van der Waals surface area contributed by atoms with Crippen LogP contribution in [0.15, 0.2) is 11.4 Å². The zero-order valence-electron chi connectivity index (χ0n) is 9.21. The highest BCUT2D eigenvalue weighted by atomic mass is 32.1. The number of hydrogen-bond donors (Lipinski definition) is 2. The lowest BCUT2D eigenvalue weighted by Gasteiger charge is -2.26. The maximum atomic E-state index is 11.4. The molecule has 0 radical (unpaired) electrons. The summed E-state index contributed by atoms with van der Waals surface area (Å²) in [5.74, 6) is -0.0149. The number of imide groups is 1. The minimum absolute atomic E-state index is 0.0904. The number of carbonyl (C=O) groups excluding carboxylic acids is 2. The monoisotopic (exact) mass is 263 g/mol. The summed E-state index contributed by atoms with van der Waals surface area (Å²) in [7, 11) is 0. The fraction of sp³-hybridized carbons (Fsp3) is 0.200.